The van der Waals surface area contributed by atoms with Gasteiger partial charge in [-0.15, -0.1) is 10.2 Å². The van der Waals surface area contributed by atoms with Gasteiger partial charge in [-0.2, -0.15) is 0 Å². The summed E-state index contributed by atoms with van der Waals surface area (Å²) in [4.78, 5) is 12.1. The summed E-state index contributed by atoms with van der Waals surface area (Å²) >= 11 is 2.53. The minimum absolute atomic E-state index is 0.124. The number of carbonyl (C=O) groups excluding carboxylic acids is 1. The Morgan fingerprint density at radius 1 is 1.18 bits per heavy atom. The second kappa shape index (κ2) is 8.44. The SMILES string of the molecule is O=C(CSc1nnc(Nc2ccccc2F)s1)NCc1ccc2c(c1)OCO2. The maximum absolute atomic E-state index is 13.7. The number of thioether (sulfide) groups is 1. The molecule has 1 aliphatic heterocycles. The van der Waals surface area contributed by atoms with Gasteiger partial charge in [0.15, 0.2) is 15.8 Å². The third-order valence-corrected chi connectivity index (χ3v) is 5.75. The van der Waals surface area contributed by atoms with Crippen LogP contribution in [0.25, 0.3) is 0 Å². The van der Waals surface area contributed by atoms with Gasteiger partial charge in [-0.3, -0.25) is 4.79 Å². The number of nitrogens with zero attached hydrogens (tertiary/aromatic N) is 2. The number of carbonyl (C=O) groups is 1. The average Bonchev–Trinajstić information content (AvgIpc) is 3.35. The highest BCUT2D eigenvalue weighted by atomic mass is 32.2. The predicted octanol–water partition coefficient (Wildman–Crippen LogP) is 3.56. The predicted molar refractivity (Wildman–Crippen MR) is 105 cm³/mol. The van der Waals surface area contributed by atoms with E-state index in [0.29, 0.717) is 33.2 Å². The molecule has 10 heteroatoms. The molecule has 0 bridgehead atoms. The van der Waals surface area contributed by atoms with Crippen molar-refractivity contribution in [1.29, 1.82) is 0 Å². The fourth-order valence-corrected chi connectivity index (χ4v) is 4.02. The molecule has 0 spiro atoms. The van der Waals surface area contributed by atoms with E-state index in [2.05, 4.69) is 20.8 Å². The third-order valence-electron chi connectivity index (χ3n) is 3.78. The molecule has 2 N–H and O–H groups in total. The molecule has 0 fully saturated rings. The number of fused-ring (bicyclic) bond motifs is 1. The first-order chi connectivity index (χ1) is 13.7. The summed E-state index contributed by atoms with van der Waals surface area (Å²) in [5.74, 6) is 1.11. The van der Waals surface area contributed by atoms with E-state index in [-0.39, 0.29) is 24.3 Å². The van der Waals surface area contributed by atoms with Crippen LogP contribution in [-0.2, 0) is 11.3 Å². The summed E-state index contributed by atoms with van der Waals surface area (Å²) < 4.78 is 24.9. The number of hydrogen-bond donors (Lipinski definition) is 2. The molecule has 4 rings (SSSR count). The molecule has 0 unspecified atom stereocenters. The van der Waals surface area contributed by atoms with Crippen molar-refractivity contribution in [3.8, 4) is 11.5 Å². The Morgan fingerprint density at radius 3 is 2.93 bits per heavy atom. The van der Waals surface area contributed by atoms with Crippen LogP contribution in [0.1, 0.15) is 5.56 Å². The zero-order valence-electron chi connectivity index (χ0n) is 14.5. The molecular weight excluding hydrogens is 403 g/mol. The van der Waals surface area contributed by atoms with Crippen molar-refractivity contribution in [2.75, 3.05) is 17.9 Å². The first-order valence-electron chi connectivity index (χ1n) is 8.30. The van der Waals surface area contributed by atoms with E-state index in [4.69, 9.17) is 9.47 Å². The number of para-hydroxylation sites is 1. The Hall–Kier alpha value is -2.85. The molecule has 3 aromatic rings. The van der Waals surface area contributed by atoms with Gasteiger partial charge in [-0.05, 0) is 29.8 Å². The van der Waals surface area contributed by atoms with E-state index in [9.17, 15) is 9.18 Å². The molecule has 144 valence electrons. The minimum Gasteiger partial charge on any atom is -0.454 e. The number of halogens is 1. The number of anilines is 2. The molecule has 1 aromatic heterocycles. The highest BCUT2D eigenvalue weighted by Gasteiger charge is 2.14. The van der Waals surface area contributed by atoms with Gasteiger partial charge in [0.2, 0.25) is 17.8 Å². The summed E-state index contributed by atoms with van der Waals surface area (Å²) in [5, 5.41) is 14.2. The van der Waals surface area contributed by atoms with Crippen LogP contribution in [0.2, 0.25) is 0 Å². The van der Waals surface area contributed by atoms with Crippen LogP contribution < -0.4 is 20.1 Å². The van der Waals surface area contributed by atoms with Gasteiger partial charge < -0.3 is 20.1 Å². The summed E-state index contributed by atoms with van der Waals surface area (Å²) in [6.07, 6.45) is 0. The lowest BCUT2D eigenvalue weighted by molar-refractivity contribution is -0.118. The largest absolute Gasteiger partial charge is 0.454 e. The molecule has 7 nitrogen and oxygen atoms in total. The quantitative estimate of drug-likeness (QED) is 0.568. The van der Waals surface area contributed by atoms with Crippen molar-refractivity contribution in [3.63, 3.8) is 0 Å². The summed E-state index contributed by atoms with van der Waals surface area (Å²) in [6, 6.07) is 11.9. The maximum atomic E-state index is 13.7. The fraction of sp³-hybridized carbons (Fsp3) is 0.167. The molecule has 1 amide bonds. The summed E-state index contributed by atoms with van der Waals surface area (Å²) in [6.45, 7) is 0.615. The molecule has 0 saturated heterocycles. The zero-order valence-corrected chi connectivity index (χ0v) is 16.1. The fourth-order valence-electron chi connectivity index (χ4n) is 2.43. The van der Waals surface area contributed by atoms with E-state index in [1.807, 2.05) is 18.2 Å². The van der Waals surface area contributed by atoms with Crippen LogP contribution in [-0.4, -0.2) is 28.7 Å². The van der Waals surface area contributed by atoms with Gasteiger partial charge in [0.25, 0.3) is 0 Å². The molecule has 0 saturated carbocycles. The van der Waals surface area contributed by atoms with Gasteiger partial charge in [-0.25, -0.2) is 4.39 Å². The molecule has 0 aliphatic carbocycles. The number of benzene rings is 2. The molecule has 2 heterocycles. The normalized spacial score (nSPS) is 12.0. The second-order valence-electron chi connectivity index (χ2n) is 5.73. The van der Waals surface area contributed by atoms with E-state index in [1.165, 1.54) is 29.2 Å². The van der Waals surface area contributed by atoms with E-state index >= 15 is 0 Å². The van der Waals surface area contributed by atoms with E-state index in [0.717, 1.165) is 5.56 Å². The van der Waals surface area contributed by atoms with Gasteiger partial charge in [0.05, 0.1) is 11.4 Å². The Morgan fingerprint density at radius 2 is 2.04 bits per heavy atom. The van der Waals surface area contributed by atoms with Crippen molar-refractivity contribution in [2.24, 2.45) is 0 Å². The lowest BCUT2D eigenvalue weighted by atomic mass is 10.2. The number of aromatic nitrogens is 2. The van der Waals surface area contributed by atoms with Crippen molar-refractivity contribution in [2.45, 2.75) is 10.9 Å². The topological polar surface area (TPSA) is 85.4 Å². The average molecular weight is 418 g/mol. The summed E-state index contributed by atoms with van der Waals surface area (Å²) in [7, 11) is 0. The molecule has 28 heavy (non-hydrogen) atoms. The maximum Gasteiger partial charge on any atom is 0.231 e. The van der Waals surface area contributed by atoms with Gasteiger partial charge in [0.1, 0.15) is 5.82 Å². The summed E-state index contributed by atoms with van der Waals surface area (Å²) in [5.41, 5.74) is 1.26. The number of hydrogen-bond acceptors (Lipinski definition) is 8. The minimum atomic E-state index is -0.366. The van der Waals surface area contributed by atoms with Gasteiger partial charge in [0, 0.05) is 6.54 Å². The number of rotatable bonds is 7. The van der Waals surface area contributed by atoms with Crippen LogP contribution in [0.15, 0.2) is 46.8 Å². The molecule has 2 aromatic carbocycles. The third kappa shape index (κ3) is 4.52. The second-order valence-corrected chi connectivity index (χ2v) is 7.93. The smallest absolute Gasteiger partial charge is 0.231 e. The number of ether oxygens (including phenoxy) is 2. The van der Waals surface area contributed by atoms with Crippen LogP contribution in [0, 0.1) is 5.82 Å². The molecule has 0 radical (unpaired) electrons. The van der Waals surface area contributed by atoms with Crippen molar-refractivity contribution in [1.82, 2.24) is 15.5 Å². The Balaban J connectivity index is 1.25. The van der Waals surface area contributed by atoms with E-state index < -0.39 is 0 Å². The van der Waals surface area contributed by atoms with Gasteiger partial charge in [-0.1, -0.05) is 41.3 Å². The highest BCUT2D eigenvalue weighted by Crippen LogP contribution is 2.32. The Kier molecular flexibility index (Phi) is 5.58. The first kappa shape index (κ1) is 18.5. The van der Waals surface area contributed by atoms with Crippen LogP contribution in [0.3, 0.4) is 0 Å². The molecular formula is C18H15FN4O3S2. The van der Waals surface area contributed by atoms with Crippen LogP contribution >= 0.6 is 23.1 Å². The zero-order chi connectivity index (χ0) is 19.3. The first-order valence-corrected chi connectivity index (χ1v) is 10.1. The Bertz CT molecular complexity index is 998. The Labute approximate surface area is 168 Å². The van der Waals surface area contributed by atoms with Crippen molar-refractivity contribution in [3.05, 3.63) is 53.8 Å². The monoisotopic (exact) mass is 418 g/mol. The van der Waals surface area contributed by atoms with Crippen LogP contribution in [0.5, 0.6) is 11.5 Å². The number of amides is 1. The van der Waals surface area contributed by atoms with Crippen molar-refractivity contribution >= 4 is 39.8 Å². The van der Waals surface area contributed by atoms with E-state index in [1.54, 1.807) is 18.2 Å². The standard InChI is InChI=1S/C18H15FN4O3S2/c19-12-3-1-2-4-13(12)21-17-22-23-18(28-17)27-9-16(24)20-8-11-5-6-14-15(7-11)26-10-25-14/h1-7H,8-10H2,(H,20,24)(H,21,22). The molecule has 0 atom stereocenters. The highest BCUT2D eigenvalue weighted by molar-refractivity contribution is 8.01. The van der Waals surface area contributed by atoms with Gasteiger partial charge >= 0.3 is 0 Å². The lowest BCUT2D eigenvalue weighted by Crippen LogP contribution is -2.24. The lowest BCUT2D eigenvalue weighted by Gasteiger charge is -2.05. The molecule has 1 aliphatic rings. The van der Waals surface area contributed by atoms with Crippen molar-refractivity contribution < 1.29 is 18.7 Å². The number of nitrogens with one attached hydrogen (secondary N) is 2. The van der Waals surface area contributed by atoms with Crippen LogP contribution in [0.4, 0.5) is 15.2 Å².